The molecular weight excluding hydrogens is 304 g/mol. The molecule has 1 aromatic carbocycles. The van der Waals surface area contributed by atoms with Crippen molar-refractivity contribution in [3.63, 3.8) is 0 Å². The predicted octanol–water partition coefficient (Wildman–Crippen LogP) is 1.94. The molecule has 0 bridgehead atoms. The maximum Gasteiger partial charge on any atom is 0.236 e. The van der Waals surface area contributed by atoms with Gasteiger partial charge >= 0.3 is 0 Å². The molecule has 2 heterocycles. The molecule has 2 aliphatic heterocycles. The van der Waals surface area contributed by atoms with Gasteiger partial charge in [-0.05, 0) is 31.9 Å². The lowest BCUT2D eigenvalue weighted by Gasteiger charge is -2.35. The van der Waals surface area contributed by atoms with E-state index in [0.717, 1.165) is 58.0 Å². The number of amides is 1. The highest BCUT2D eigenvalue weighted by Gasteiger charge is 2.25. The van der Waals surface area contributed by atoms with E-state index in [2.05, 4.69) is 24.0 Å². The van der Waals surface area contributed by atoms with Gasteiger partial charge in [-0.2, -0.15) is 0 Å². The summed E-state index contributed by atoms with van der Waals surface area (Å²) in [6.45, 7) is 8.17. The van der Waals surface area contributed by atoms with E-state index < -0.39 is 0 Å². The van der Waals surface area contributed by atoms with Crippen LogP contribution < -0.4 is 4.74 Å². The Morgan fingerprint density at radius 1 is 1.21 bits per heavy atom. The first kappa shape index (κ1) is 17.2. The van der Waals surface area contributed by atoms with Gasteiger partial charge in [0.05, 0.1) is 26.4 Å². The predicted molar refractivity (Wildman–Crippen MR) is 93.2 cm³/mol. The van der Waals surface area contributed by atoms with Crippen molar-refractivity contribution in [1.82, 2.24) is 9.80 Å². The zero-order valence-corrected chi connectivity index (χ0v) is 14.6. The normalized spacial score (nSPS) is 22.4. The lowest BCUT2D eigenvalue weighted by atomic mass is 9.99. The third kappa shape index (κ3) is 4.95. The molecule has 0 aliphatic carbocycles. The van der Waals surface area contributed by atoms with Crippen LogP contribution in [0.5, 0.6) is 5.75 Å². The summed E-state index contributed by atoms with van der Waals surface area (Å²) in [6, 6.07) is 8.15. The molecule has 5 nitrogen and oxygen atoms in total. The Balaban J connectivity index is 1.44. The molecule has 0 saturated carbocycles. The SMILES string of the molecule is Cc1ccc(OCC2CCCN(C(=O)CN3CCOCC3)C2)cc1. The molecular formula is C19H28N2O3. The van der Waals surface area contributed by atoms with Gasteiger partial charge in [-0.1, -0.05) is 17.7 Å². The number of carbonyl (C=O) groups excluding carboxylic acids is 1. The summed E-state index contributed by atoms with van der Waals surface area (Å²) in [5.41, 5.74) is 1.24. The smallest absolute Gasteiger partial charge is 0.236 e. The monoisotopic (exact) mass is 332 g/mol. The van der Waals surface area contributed by atoms with Crippen molar-refractivity contribution >= 4 is 5.91 Å². The number of rotatable bonds is 5. The largest absolute Gasteiger partial charge is 0.493 e. The summed E-state index contributed by atoms with van der Waals surface area (Å²) < 4.78 is 11.3. The molecule has 0 aromatic heterocycles. The van der Waals surface area contributed by atoms with Gasteiger partial charge in [0.25, 0.3) is 0 Å². The van der Waals surface area contributed by atoms with Crippen molar-refractivity contribution in [1.29, 1.82) is 0 Å². The summed E-state index contributed by atoms with van der Waals surface area (Å²) >= 11 is 0. The minimum atomic E-state index is 0.247. The van der Waals surface area contributed by atoms with E-state index in [1.165, 1.54) is 5.56 Å². The minimum Gasteiger partial charge on any atom is -0.493 e. The summed E-state index contributed by atoms with van der Waals surface area (Å²) in [5, 5.41) is 0. The molecule has 24 heavy (non-hydrogen) atoms. The average Bonchev–Trinajstić information content (AvgIpc) is 2.62. The molecule has 2 fully saturated rings. The number of hydrogen-bond donors (Lipinski definition) is 0. The van der Waals surface area contributed by atoms with Gasteiger partial charge in [-0.3, -0.25) is 9.69 Å². The van der Waals surface area contributed by atoms with Crippen LogP contribution in [0.4, 0.5) is 0 Å². The molecule has 3 rings (SSSR count). The Morgan fingerprint density at radius 2 is 1.96 bits per heavy atom. The Labute approximate surface area is 144 Å². The zero-order chi connectivity index (χ0) is 16.8. The maximum atomic E-state index is 12.5. The average molecular weight is 332 g/mol. The van der Waals surface area contributed by atoms with Crippen molar-refractivity contribution in [3.05, 3.63) is 29.8 Å². The molecule has 0 spiro atoms. The Hall–Kier alpha value is -1.59. The van der Waals surface area contributed by atoms with Gasteiger partial charge in [0.2, 0.25) is 5.91 Å². The van der Waals surface area contributed by atoms with Gasteiger partial charge in [0.1, 0.15) is 5.75 Å². The number of hydrogen-bond acceptors (Lipinski definition) is 4. The second-order valence-electron chi connectivity index (χ2n) is 6.86. The third-order valence-electron chi connectivity index (χ3n) is 4.84. The molecule has 2 aliphatic rings. The zero-order valence-electron chi connectivity index (χ0n) is 14.6. The highest BCUT2D eigenvalue weighted by molar-refractivity contribution is 5.78. The Morgan fingerprint density at radius 3 is 2.71 bits per heavy atom. The molecule has 1 amide bonds. The van der Waals surface area contributed by atoms with Crippen molar-refractivity contribution in [2.75, 3.05) is 52.5 Å². The van der Waals surface area contributed by atoms with Crippen LogP contribution >= 0.6 is 0 Å². The highest BCUT2D eigenvalue weighted by atomic mass is 16.5. The van der Waals surface area contributed by atoms with E-state index >= 15 is 0 Å². The van der Waals surface area contributed by atoms with Gasteiger partial charge in [-0.15, -0.1) is 0 Å². The number of carbonyl (C=O) groups is 1. The van der Waals surface area contributed by atoms with E-state index in [1.54, 1.807) is 0 Å². The summed E-state index contributed by atoms with van der Waals surface area (Å²) in [5.74, 6) is 1.59. The van der Waals surface area contributed by atoms with Crippen LogP contribution in [0.3, 0.4) is 0 Å². The third-order valence-corrected chi connectivity index (χ3v) is 4.84. The van der Waals surface area contributed by atoms with Crippen LogP contribution in [0.15, 0.2) is 24.3 Å². The fraction of sp³-hybridized carbons (Fsp3) is 0.632. The Kier molecular flexibility index (Phi) is 6.10. The first-order valence-electron chi connectivity index (χ1n) is 8.98. The number of piperidine rings is 1. The number of morpholine rings is 1. The molecule has 1 aromatic rings. The summed E-state index contributed by atoms with van der Waals surface area (Å²) in [4.78, 5) is 16.7. The molecule has 1 atom stereocenters. The minimum absolute atomic E-state index is 0.247. The van der Waals surface area contributed by atoms with E-state index in [-0.39, 0.29) is 5.91 Å². The fourth-order valence-corrected chi connectivity index (χ4v) is 3.33. The Bertz CT molecular complexity index is 526. The van der Waals surface area contributed by atoms with Crippen LogP contribution in [-0.2, 0) is 9.53 Å². The van der Waals surface area contributed by atoms with Crippen molar-refractivity contribution in [2.45, 2.75) is 19.8 Å². The molecule has 0 N–H and O–H groups in total. The van der Waals surface area contributed by atoms with Crippen molar-refractivity contribution < 1.29 is 14.3 Å². The van der Waals surface area contributed by atoms with E-state index in [0.29, 0.717) is 19.1 Å². The lowest BCUT2D eigenvalue weighted by Crippen LogP contribution is -2.48. The van der Waals surface area contributed by atoms with Gasteiger partial charge in [-0.25, -0.2) is 0 Å². The van der Waals surface area contributed by atoms with Crippen LogP contribution in [0, 0.1) is 12.8 Å². The topological polar surface area (TPSA) is 42.0 Å². The van der Waals surface area contributed by atoms with Gasteiger partial charge in [0, 0.05) is 32.1 Å². The molecule has 0 radical (unpaired) electrons. The number of benzene rings is 1. The quantitative estimate of drug-likeness (QED) is 0.826. The van der Waals surface area contributed by atoms with E-state index in [4.69, 9.17) is 9.47 Å². The number of ether oxygens (including phenoxy) is 2. The molecule has 1 unspecified atom stereocenters. The van der Waals surface area contributed by atoms with Crippen molar-refractivity contribution in [2.24, 2.45) is 5.92 Å². The van der Waals surface area contributed by atoms with Crippen LogP contribution in [0.1, 0.15) is 18.4 Å². The van der Waals surface area contributed by atoms with E-state index in [1.807, 2.05) is 17.0 Å². The van der Waals surface area contributed by atoms with Gasteiger partial charge in [0.15, 0.2) is 0 Å². The first-order valence-corrected chi connectivity index (χ1v) is 8.98. The van der Waals surface area contributed by atoms with Crippen molar-refractivity contribution in [3.8, 4) is 5.75 Å². The number of likely N-dealkylation sites (tertiary alicyclic amines) is 1. The van der Waals surface area contributed by atoms with E-state index in [9.17, 15) is 4.79 Å². The molecule has 5 heteroatoms. The number of nitrogens with zero attached hydrogens (tertiary/aromatic N) is 2. The second-order valence-corrected chi connectivity index (χ2v) is 6.86. The molecule has 2 saturated heterocycles. The lowest BCUT2D eigenvalue weighted by molar-refractivity contribution is -0.135. The highest BCUT2D eigenvalue weighted by Crippen LogP contribution is 2.19. The first-order chi connectivity index (χ1) is 11.7. The fourth-order valence-electron chi connectivity index (χ4n) is 3.33. The van der Waals surface area contributed by atoms with Crippen LogP contribution in [-0.4, -0.2) is 68.3 Å². The summed E-state index contributed by atoms with van der Waals surface area (Å²) in [7, 11) is 0. The summed E-state index contributed by atoms with van der Waals surface area (Å²) in [6.07, 6.45) is 2.20. The standard InChI is InChI=1S/C19H28N2O3/c1-16-4-6-18(7-5-16)24-15-17-3-2-8-21(13-17)19(22)14-20-9-11-23-12-10-20/h4-7,17H,2-3,8-15H2,1H3. The molecule has 132 valence electrons. The number of aryl methyl sites for hydroxylation is 1. The van der Waals surface area contributed by atoms with Gasteiger partial charge < -0.3 is 14.4 Å². The second kappa shape index (κ2) is 8.49. The van der Waals surface area contributed by atoms with Crippen LogP contribution in [0.2, 0.25) is 0 Å². The van der Waals surface area contributed by atoms with Crippen LogP contribution in [0.25, 0.3) is 0 Å². The maximum absolute atomic E-state index is 12.5.